The molecule has 2 aliphatic rings. The van der Waals surface area contributed by atoms with Crippen LogP contribution in [0.5, 0.6) is 5.75 Å². The summed E-state index contributed by atoms with van der Waals surface area (Å²) in [5, 5.41) is 10.0. The lowest BCUT2D eigenvalue weighted by molar-refractivity contribution is 0.0596. The quantitative estimate of drug-likeness (QED) is 0.720. The smallest absolute Gasteiger partial charge is 0.153 e. The minimum absolute atomic E-state index is 0. The molecule has 2 unspecified atom stereocenters. The maximum atomic E-state index is 10.0. The first-order chi connectivity index (χ1) is 12.6. The highest BCUT2D eigenvalue weighted by Crippen LogP contribution is 2.49. The van der Waals surface area contributed by atoms with Crippen molar-refractivity contribution in [2.45, 2.75) is 61.4 Å². The second-order valence-electron chi connectivity index (χ2n) is 7.74. The second-order valence-corrected chi connectivity index (χ2v) is 9.36. The molecule has 1 N–H and O–H groups in total. The fourth-order valence-corrected chi connectivity index (χ4v) is 5.31. The second kappa shape index (κ2) is 8.44. The molecule has 0 bridgehead atoms. The number of nitrogens with zero attached hydrogens (tertiary/aromatic N) is 1. The van der Waals surface area contributed by atoms with Crippen LogP contribution in [0.3, 0.4) is 0 Å². The first-order valence-electron chi connectivity index (χ1n) is 9.48. The normalized spacial score (nSPS) is 23.5. The van der Waals surface area contributed by atoms with Crippen LogP contribution in [0.25, 0.3) is 0 Å². The summed E-state index contributed by atoms with van der Waals surface area (Å²) in [6.07, 6.45) is 4.41. The van der Waals surface area contributed by atoms with E-state index in [2.05, 4.69) is 67.3 Å². The van der Waals surface area contributed by atoms with Crippen molar-refractivity contribution in [1.29, 1.82) is 0 Å². The van der Waals surface area contributed by atoms with Gasteiger partial charge < -0.3 is 9.84 Å². The number of likely N-dealkylation sites (tertiary alicyclic amines) is 1. The van der Waals surface area contributed by atoms with Gasteiger partial charge in [0.25, 0.3) is 0 Å². The Labute approximate surface area is 172 Å². The lowest BCUT2D eigenvalue weighted by Gasteiger charge is -2.28. The zero-order chi connectivity index (χ0) is 18.1. The Morgan fingerprint density at radius 3 is 2.67 bits per heavy atom. The summed E-state index contributed by atoms with van der Waals surface area (Å²) in [5.74, 6) is 0.984. The molecule has 27 heavy (non-hydrogen) atoms. The van der Waals surface area contributed by atoms with Crippen LogP contribution in [0.15, 0.2) is 53.4 Å². The van der Waals surface area contributed by atoms with Gasteiger partial charge in [0.2, 0.25) is 0 Å². The van der Waals surface area contributed by atoms with Crippen molar-refractivity contribution in [3.63, 3.8) is 0 Å². The monoisotopic (exact) mass is 405 g/mol. The first kappa shape index (κ1) is 20.5. The minimum atomic E-state index is -0.189. The number of fused-ring (bicyclic) bond motifs is 1. The topological polar surface area (TPSA) is 32.7 Å². The Bertz CT molecular complexity index is 768. The summed E-state index contributed by atoms with van der Waals surface area (Å²) in [7, 11) is 0. The van der Waals surface area contributed by atoms with E-state index in [0.717, 1.165) is 31.4 Å². The van der Waals surface area contributed by atoms with Crippen LogP contribution in [0.1, 0.15) is 50.3 Å². The molecule has 2 aromatic rings. The molecule has 2 heterocycles. The number of halogens is 1. The summed E-state index contributed by atoms with van der Waals surface area (Å²) < 4.78 is 5.97. The molecule has 2 aromatic carbocycles. The summed E-state index contributed by atoms with van der Waals surface area (Å²) in [4.78, 5) is 3.31. The summed E-state index contributed by atoms with van der Waals surface area (Å²) >= 11 is 1.78. The van der Waals surface area contributed by atoms with Gasteiger partial charge in [-0.05, 0) is 62.8 Å². The van der Waals surface area contributed by atoms with Gasteiger partial charge in [0, 0.05) is 12.1 Å². The average molecular weight is 406 g/mol. The predicted molar refractivity (Wildman–Crippen MR) is 114 cm³/mol. The third-order valence-corrected chi connectivity index (χ3v) is 6.59. The summed E-state index contributed by atoms with van der Waals surface area (Å²) in [5.41, 5.74) is 2.68. The Morgan fingerprint density at radius 2 is 1.93 bits per heavy atom. The molecular weight excluding hydrogens is 378 g/mol. The third kappa shape index (κ3) is 4.45. The first-order valence-corrected chi connectivity index (χ1v) is 10.3. The average Bonchev–Trinajstić information content (AvgIpc) is 3.18. The van der Waals surface area contributed by atoms with Crippen LogP contribution in [0.2, 0.25) is 0 Å². The number of hydrogen-bond donors (Lipinski definition) is 1. The van der Waals surface area contributed by atoms with Gasteiger partial charge in [0.05, 0.1) is 11.6 Å². The van der Waals surface area contributed by atoms with Crippen molar-refractivity contribution in [3.8, 4) is 5.75 Å². The molecule has 5 heteroatoms. The number of benzene rings is 2. The molecule has 0 aromatic heterocycles. The van der Waals surface area contributed by atoms with E-state index in [0.29, 0.717) is 12.1 Å². The molecule has 0 amide bonds. The van der Waals surface area contributed by atoms with Gasteiger partial charge in [-0.25, -0.2) is 0 Å². The third-order valence-electron chi connectivity index (χ3n) is 5.48. The molecule has 1 fully saturated rings. The summed E-state index contributed by atoms with van der Waals surface area (Å²) in [6, 6.07) is 17.9. The maximum absolute atomic E-state index is 10.0. The highest BCUT2D eigenvalue weighted by Gasteiger charge is 2.36. The molecule has 0 saturated carbocycles. The van der Waals surface area contributed by atoms with Crippen molar-refractivity contribution in [3.05, 3.63) is 59.7 Å². The van der Waals surface area contributed by atoms with E-state index in [-0.39, 0.29) is 24.1 Å². The van der Waals surface area contributed by atoms with Crippen molar-refractivity contribution < 1.29 is 9.84 Å². The SMILES string of the molecule is CC1(C)Oc2ccc(C3CCC(CCc4ccccc4)N3CO)cc2S1.Cl. The minimum Gasteiger partial charge on any atom is -0.476 e. The molecule has 4 rings (SSSR count). The summed E-state index contributed by atoms with van der Waals surface area (Å²) in [6.45, 7) is 4.33. The number of aliphatic hydroxyl groups is 1. The van der Waals surface area contributed by atoms with Crippen LogP contribution < -0.4 is 4.74 Å². The zero-order valence-corrected chi connectivity index (χ0v) is 17.6. The fourth-order valence-electron chi connectivity index (χ4n) is 4.24. The lowest BCUT2D eigenvalue weighted by atomic mass is 10.0. The van der Waals surface area contributed by atoms with Gasteiger partial charge in [-0.1, -0.05) is 48.2 Å². The lowest BCUT2D eigenvalue weighted by Crippen LogP contribution is -2.32. The Balaban J connectivity index is 0.00000210. The molecule has 2 aliphatic heterocycles. The maximum Gasteiger partial charge on any atom is 0.153 e. The van der Waals surface area contributed by atoms with Crippen molar-refractivity contribution >= 4 is 24.2 Å². The van der Waals surface area contributed by atoms with Crippen LogP contribution in [-0.4, -0.2) is 27.7 Å². The molecule has 2 atom stereocenters. The Hall–Kier alpha value is -1.20. The van der Waals surface area contributed by atoms with Crippen LogP contribution in [0, 0.1) is 0 Å². The highest BCUT2D eigenvalue weighted by molar-refractivity contribution is 8.00. The van der Waals surface area contributed by atoms with E-state index >= 15 is 0 Å². The standard InChI is InChI=1S/C22H27NO2S.ClH/c1-22(2)25-20-13-9-17(14-21(20)26-22)19-12-11-18(23(19)15-24)10-8-16-6-4-3-5-7-16;/h3-7,9,13-14,18-19,24H,8,10-12,15H2,1-2H3;1H. The molecule has 0 spiro atoms. The number of thioether (sulfide) groups is 1. The Morgan fingerprint density at radius 1 is 1.15 bits per heavy atom. The van der Waals surface area contributed by atoms with E-state index in [1.807, 2.05) is 0 Å². The van der Waals surface area contributed by atoms with Gasteiger partial charge in [0.15, 0.2) is 4.93 Å². The van der Waals surface area contributed by atoms with Crippen LogP contribution in [0.4, 0.5) is 0 Å². The molecule has 1 saturated heterocycles. The van der Waals surface area contributed by atoms with Gasteiger partial charge in [-0.3, -0.25) is 4.90 Å². The number of rotatable bonds is 5. The molecule has 146 valence electrons. The largest absolute Gasteiger partial charge is 0.476 e. The van der Waals surface area contributed by atoms with E-state index in [1.165, 1.54) is 16.0 Å². The number of ether oxygens (including phenoxy) is 1. The van der Waals surface area contributed by atoms with Crippen molar-refractivity contribution in [2.24, 2.45) is 0 Å². The van der Waals surface area contributed by atoms with E-state index in [9.17, 15) is 5.11 Å². The van der Waals surface area contributed by atoms with Crippen molar-refractivity contribution in [1.82, 2.24) is 4.90 Å². The number of aliphatic hydroxyl groups excluding tert-OH is 1. The van der Waals surface area contributed by atoms with Gasteiger partial charge >= 0.3 is 0 Å². The van der Waals surface area contributed by atoms with Gasteiger partial charge in [-0.2, -0.15) is 0 Å². The molecule has 0 radical (unpaired) electrons. The fraction of sp³-hybridized carbons (Fsp3) is 0.455. The molecule has 0 aliphatic carbocycles. The highest BCUT2D eigenvalue weighted by atomic mass is 35.5. The number of aryl methyl sites for hydroxylation is 1. The predicted octanol–water partition coefficient (Wildman–Crippen LogP) is 5.42. The Kier molecular flexibility index (Phi) is 6.42. The van der Waals surface area contributed by atoms with E-state index in [1.54, 1.807) is 11.8 Å². The van der Waals surface area contributed by atoms with Gasteiger partial charge in [0.1, 0.15) is 5.75 Å². The number of hydrogen-bond acceptors (Lipinski definition) is 4. The van der Waals surface area contributed by atoms with Crippen LogP contribution >= 0.6 is 24.2 Å². The van der Waals surface area contributed by atoms with Crippen molar-refractivity contribution in [2.75, 3.05) is 6.73 Å². The molecule has 3 nitrogen and oxygen atoms in total. The van der Waals surface area contributed by atoms with E-state index in [4.69, 9.17) is 4.74 Å². The van der Waals surface area contributed by atoms with Gasteiger partial charge in [-0.15, -0.1) is 12.4 Å². The van der Waals surface area contributed by atoms with Crippen LogP contribution in [-0.2, 0) is 6.42 Å². The molecular formula is C22H28ClNO2S. The zero-order valence-electron chi connectivity index (χ0n) is 15.9. The van der Waals surface area contributed by atoms with E-state index < -0.39 is 0 Å².